The normalized spacial score (nSPS) is 20.4. The number of carbonyl (C=O) groups is 2. The van der Waals surface area contributed by atoms with Gasteiger partial charge in [0, 0.05) is 31.7 Å². The molecule has 142 valence electrons. The molecule has 2 heterocycles. The topological polar surface area (TPSA) is 60.9 Å². The Hall–Kier alpha value is -1.88. The number of carbonyl (C=O) groups excluding carboxylic acids is 1. The summed E-state index contributed by atoms with van der Waals surface area (Å²) in [7, 11) is 0. The van der Waals surface area contributed by atoms with Crippen LogP contribution < -0.4 is 4.90 Å². The van der Waals surface area contributed by atoms with E-state index in [-0.39, 0.29) is 11.8 Å². The van der Waals surface area contributed by atoms with Crippen molar-refractivity contribution in [3.05, 3.63) is 29.3 Å². The Kier molecular flexibility index (Phi) is 5.97. The van der Waals surface area contributed by atoms with Gasteiger partial charge in [0.05, 0.1) is 5.92 Å². The van der Waals surface area contributed by atoms with E-state index >= 15 is 0 Å². The lowest BCUT2D eigenvalue weighted by Crippen LogP contribution is -2.39. The van der Waals surface area contributed by atoms with Crippen molar-refractivity contribution in [2.45, 2.75) is 46.0 Å². The molecule has 1 amide bonds. The summed E-state index contributed by atoms with van der Waals surface area (Å²) in [6, 6.07) is 6.45. The molecule has 0 saturated carbocycles. The number of benzene rings is 1. The van der Waals surface area contributed by atoms with E-state index in [9.17, 15) is 14.7 Å². The molecule has 0 bridgehead atoms. The minimum Gasteiger partial charge on any atom is -0.481 e. The molecule has 0 aromatic heterocycles. The molecular weight excluding hydrogens is 328 g/mol. The van der Waals surface area contributed by atoms with Crippen molar-refractivity contribution >= 4 is 17.6 Å². The molecule has 1 aromatic rings. The van der Waals surface area contributed by atoms with Crippen LogP contribution in [-0.2, 0) is 22.4 Å². The number of fused-ring (bicyclic) bond motifs is 1. The lowest BCUT2D eigenvalue weighted by molar-refractivity contribution is -0.143. The number of amides is 1. The Morgan fingerprint density at radius 2 is 2.08 bits per heavy atom. The van der Waals surface area contributed by atoms with Crippen molar-refractivity contribution in [2.75, 3.05) is 31.1 Å². The predicted molar refractivity (Wildman–Crippen MR) is 102 cm³/mol. The lowest BCUT2D eigenvalue weighted by Gasteiger charge is -2.30. The second-order valence-corrected chi connectivity index (χ2v) is 8.08. The number of nitrogens with zero attached hydrogens (tertiary/aromatic N) is 2. The molecule has 5 nitrogen and oxygen atoms in total. The Morgan fingerprint density at radius 3 is 2.81 bits per heavy atom. The quantitative estimate of drug-likeness (QED) is 0.849. The standard InChI is InChI=1S/C21H30N2O3/c1-15(2)12-20(24)23-11-8-17-13-16(5-6-19(17)23)7-10-22-9-3-4-18(14-22)21(25)26/h5-6,13,15,18H,3-4,7-12,14H2,1-2H3,(H,25,26). The highest BCUT2D eigenvalue weighted by Gasteiger charge is 2.26. The van der Waals surface area contributed by atoms with Crippen LogP contribution in [-0.4, -0.2) is 48.1 Å². The van der Waals surface area contributed by atoms with Crippen LogP contribution in [0.4, 0.5) is 5.69 Å². The van der Waals surface area contributed by atoms with Gasteiger partial charge in [0.15, 0.2) is 0 Å². The summed E-state index contributed by atoms with van der Waals surface area (Å²) in [5.41, 5.74) is 3.62. The van der Waals surface area contributed by atoms with E-state index in [1.54, 1.807) is 0 Å². The van der Waals surface area contributed by atoms with Gasteiger partial charge >= 0.3 is 5.97 Å². The SMILES string of the molecule is CC(C)CC(=O)N1CCc2cc(CCN3CCCC(C(=O)O)C3)ccc21. The second-order valence-electron chi connectivity index (χ2n) is 8.08. The van der Waals surface area contributed by atoms with Crippen LogP contribution in [0.2, 0.25) is 0 Å². The van der Waals surface area contributed by atoms with Crippen molar-refractivity contribution in [2.24, 2.45) is 11.8 Å². The number of hydrogen-bond acceptors (Lipinski definition) is 3. The lowest BCUT2D eigenvalue weighted by atomic mass is 9.97. The van der Waals surface area contributed by atoms with E-state index in [0.29, 0.717) is 18.9 Å². The first-order valence-corrected chi connectivity index (χ1v) is 9.81. The molecule has 1 unspecified atom stereocenters. The Balaban J connectivity index is 1.58. The number of aliphatic carboxylic acids is 1. The van der Waals surface area contributed by atoms with E-state index in [1.165, 1.54) is 11.1 Å². The average Bonchev–Trinajstić information content (AvgIpc) is 3.03. The number of rotatable bonds is 6. The summed E-state index contributed by atoms with van der Waals surface area (Å²) in [4.78, 5) is 27.8. The van der Waals surface area contributed by atoms with Crippen LogP contribution in [0.25, 0.3) is 0 Å². The van der Waals surface area contributed by atoms with Gasteiger partial charge in [0.2, 0.25) is 5.91 Å². The molecule has 5 heteroatoms. The second kappa shape index (κ2) is 8.21. The molecule has 1 N–H and O–H groups in total. The summed E-state index contributed by atoms with van der Waals surface area (Å²) in [5.74, 6) is -0.285. The summed E-state index contributed by atoms with van der Waals surface area (Å²) < 4.78 is 0. The largest absolute Gasteiger partial charge is 0.481 e. The highest BCUT2D eigenvalue weighted by Crippen LogP contribution is 2.30. The van der Waals surface area contributed by atoms with Crippen LogP contribution in [0.3, 0.4) is 0 Å². The van der Waals surface area contributed by atoms with Crippen LogP contribution in [0.15, 0.2) is 18.2 Å². The van der Waals surface area contributed by atoms with E-state index < -0.39 is 5.97 Å². The maximum Gasteiger partial charge on any atom is 0.307 e. The third kappa shape index (κ3) is 4.44. The van der Waals surface area contributed by atoms with Gasteiger partial charge in [0.1, 0.15) is 0 Å². The molecule has 0 radical (unpaired) electrons. The van der Waals surface area contributed by atoms with Crippen LogP contribution >= 0.6 is 0 Å². The fraction of sp³-hybridized carbons (Fsp3) is 0.619. The molecule has 2 aliphatic rings. The molecule has 1 atom stereocenters. The fourth-order valence-electron chi connectivity index (χ4n) is 4.08. The molecule has 0 aliphatic carbocycles. The van der Waals surface area contributed by atoms with Gasteiger partial charge in [-0.2, -0.15) is 0 Å². The number of piperidine rings is 1. The first-order valence-electron chi connectivity index (χ1n) is 9.81. The van der Waals surface area contributed by atoms with Gasteiger partial charge in [0.25, 0.3) is 0 Å². The van der Waals surface area contributed by atoms with E-state index in [0.717, 1.165) is 51.0 Å². The summed E-state index contributed by atoms with van der Waals surface area (Å²) >= 11 is 0. The zero-order valence-electron chi connectivity index (χ0n) is 15.9. The monoisotopic (exact) mass is 358 g/mol. The Bertz CT molecular complexity index is 671. The number of hydrogen-bond donors (Lipinski definition) is 1. The first-order chi connectivity index (χ1) is 12.4. The van der Waals surface area contributed by atoms with E-state index in [4.69, 9.17) is 0 Å². The van der Waals surface area contributed by atoms with Crippen molar-refractivity contribution in [3.63, 3.8) is 0 Å². The predicted octanol–water partition coefficient (Wildman–Crippen LogP) is 2.96. The smallest absolute Gasteiger partial charge is 0.307 e. The zero-order chi connectivity index (χ0) is 18.7. The molecule has 2 aliphatic heterocycles. The van der Waals surface area contributed by atoms with Gasteiger partial charge < -0.3 is 14.9 Å². The van der Waals surface area contributed by atoms with Gasteiger partial charge in [-0.05, 0) is 55.3 Å². The van der Waals surface area contributed by atoms with Gasteiger partial charge in [-0.15, -0.1) is 0 Å². The summed E-state index contributed by atoms with van der Waals surface area (Å²) in [6.07, 6.45) is 4.22. The Labute approximate surface area is 156 Å². The van der Waals surface area contributed by atoms with Gasteiger partial charge in [-0.1, -0.05) is 26.0 Å². The van der Waals surface area contributed by atoms with Crippen molar-refractivity contribution < 1.29 is 14.7 Å². The van der Waals surface area contributed by atoms with Crippen LogP contribution in [0.1, 0.15) is 44.2 Å². The molecule has 1 fully saturated rings. The first kappa shape index (κ1) is 18.9. The minimum absolute atomic E-state index is 0.218. The van der Waals surface area contributed by atoms with E-state index in [2.05, 4.69) is 36.9 Å². The van der Waals surface area contributed by atoms with Gasteiger partial charge in [-0.3, -0.25) is 9.59 Å². The summed E-state index contributed by atoms with van der Waals surface area (Å²) in [6.45, 7) is 7.50. The maximum absolute atomic E-state index is 12.4. The molecule has 3 rings (SSSR count). The maximum atomic E-state index is 12.4. The molecular formula is C21H30N2O3. The number of anilines is 1. The van der Waals surface area contributed by atoms with Crippen LogP contribution in [0, 0.1) is 11.8 Å². The molecule has 26 heavy (non-hydrogen) atoms. The Morgan fingerprint density at radius 1 is 1.27 bits per heavy atom. The third-order valence-corrected chi connectivity index (χ3v) is 5.49. The highest BCUT2D eigenvalue weighted by atomic mass is 16.4. The molecule has 0 spiro atoms. The number of carboxylic acids is 1. The van der Waals surface area contributed by atoms with Crippen molar-refractivity contribution in [1.82, 2.24) is 4.90 Å². The van der Waals surface area contributed by atoms with E-state index in [1.807, 2.05) is 4.90 Å². The fourth-order valence-corrected chi connectivity index (χ4v) is 4.08. The third-order valence-electron chi connectivity index (χ3n) is 5.49. The van der Waals surface area contributed by atoms with Crippen molar-refractivity contribution in [1.29, 1.82) is 0 Å². The number of carboxylic acid groups (broad SMARTS) is 1. The molecule has 1 aromatic carbocycles. The van der Waals surface area contributed by atoms with Crippen molar-refractivity contribution in [3.8, 4) is 0 Å². The summed E-state index contributed by atoms with van der Waals surface area (Å²) in [5, 5.41) is 9.21. The average molecular weight is 358 g/mol. The molecule has 1 saturated heterocycles. The minimum atomic E-state index is -0.668. The highest BCUT2D eigenvalue weighted by molar-refractivity contribution is 5.95. The van der Waals surface area contributed by atoms with Gasteiger partial charge in [-0.25, -0.2) is 0 Å². The zero-order valence-corrected chi connectivity index (χ0v) is 15.9. The number of likely N-dealkylation sites (tertiary alicyclic amines) is 1. The van der Waals surface area contributed by atoms with Crippen LogP contribution in [0.5, 0.6) is 0 Å².